The minimum atomic E-state index is -0.390. The first-order valence-electron chi connectivity index (χ1n) is 12.8. The third kappa shape index (κ3) is 6.35. The molecule has 2 atom stereocenters. The summed E-state index contributed by atoms with van der Waals surface area (Å²) in [6.07, 6.45) is 8.54. The van der Waals surface area contributed by atoms with Crippen molar-refractivity contribution in [3.63, 3.8) is 0 Å². The molecule has 3 N–H and O–H groups in total. The maximum absolute atomic E-state index is 12.8. The van der Waals surface area contributed by atoms with E-state index in [-0.39, 0.29) is 47.6 Å². The summed E-state index contributed by atoms with van der Waals surface area (Å²) < 4.78 is 5.05. The quantitative estimate of drug-likeness (QED) is 0.459. The summed E-state index contributed by atoms with van der Waals surface area (Å²) in [5, 5.41) is 8.42. The Labute approximate surface area is 206 Å². The second kappa shape index (κ2) is 11.1. The van der Waals surface area contributed by atoms with Gasteiger partial charge >= 0.3 is 6.03 Å². The Bertz CT molecular complexity index is 909. The molecular weight excluding hydrogens is 450 g/mol. The van der Waals surface area contributed by atoms with Crippen LogP contribution in [-0.2, 0) is 9.59 Å². The molecule has 3 aliphatic heterocycles. The SMILES string of the molecule is C[C@@H]1NC(=O)N[C@@H]1CCCCCC(=O)N1CCC2(CCN(C(=O)CNC(=O)c3ccco3)CC2)C1. The summed E-state index contributed by atoms with van der Waals surface area (Å²) in [4.78, 5) is 52.4. The monoisotopic (exact) mass is 487 g/mol. The Kier molecular flexibility index (Phi) is 7.97. The summed E-state index contributed by atoms with van der Waals surface area (Å²) >= 11 is 0. The van der Waals surface area contributed by atoms with Gasteiger partial charge in [0.15, 0.2) is 5.76 Å². The van der Waals surface area contributed by atoms with Gasteiger partial charge in [0, 0.05) is 38.6 Å². The van der Waals surface area contributed by atoms with Crippen molar-refractivity contribution in [2.45, 2.75) is 70.4 Å². The molecule has 1 aromatic rings. The highest BCUT2D eigenvalue weighted by Crippen LogP contribution is 2.40. The number of amides is 5. The van der Waals surface area contributed by atoms with Crippen molar-refractivity contribution < 1.29 is 23.6 Å². The van der Waals surface area contributed by atoms with Gasteiger partial charge in [-0.3, -0.25) is 14.4 Å². The maximum atomic E-state index is 12.8. The average molecular weight is 488 g/mol. The highest BCUT2D eigenvalue weighted by atomic mass is 16.3. The number of rotatable bonds is 9. The van der Waals surface area contributed by atoms with Crippen molar-refractivity contribution in [2.75, 3.05) is 32.7 Å². The predicted octanol–water partition coefficient (Wildman–Crippen LogP) is 1.87. The molecule has 0 aromatic carbocycles. The van der Waals surface area contributed by atoms with Gasteiger partial charge in [-0.05, 0) is 56.6 Å². The number of hydrogen-bond acceptors (Lipinski definition) is 5. The first kappa shape index (κ1) is 25.1. The molecule has 5 amide bonds. The molecule has 3 saturated heterocycles. The van der Waals surface area contributed by atoms with E-state index in [1.807, 2.05) is 11.8 Å². The number of furan rings is 1. The number of hydrogen-bond donors (Lipinski definition) is 3. The molecule has 1 aromatic heterocycles. The van der Waals surface area contributed by atoms with Crippen LogP contribution in [0.2, 0.25) is 0 Å². The van der Waals surface area contributed by atoms with E-state index in [9.17, 15) is 19.2 Å². The van der Waals surface area contributed by atoms with Crippen LogP contribution in [0.25, 0.3) is 0 Å². The van der Waals surface area contributed by atoms with Crippen molar-refractivity contribution in [2.24, 2.45) is 5.41 Å². The molecule has 192 valence electrons. The Morgan fingerprint density at radius 3 is 2.46 bits per heavy atom. The predicted molar refractivity (Wildman–Crippen MR) is 128 cm³/mol. The lowest BCUT2D eigenvalue weighted by molar-refractivity contribution is -0.134. The molecule has 4 rings (SSSR count). The van der Waals surface area contributed by atoms with Crippen molar-refractivity contribution >= 4 is 23.8 Å². The Balaban J connectivity index is 1.11. The van der Waals surface area contributed by atoms with Crippen molar-refractivity contribution in [1.29, 1.82) is 0 Å². The summed E-state index contributed by atoms with van der Waals surface area (Å²) in [6.45, 7) is 4.85. The van der Waals surface area contributed by atoms with Crippen molar-refractivity contribution in [3.05, 3.63) is 24.2 Å². The third-order valence-electron chi connectivity index (χ3n) is 7.80. The second-order valence-corrected chi connectivity index (χ2v) is 10.2. The van der Waals surface area contributed by atoms with Gasteiger partial charge in [-0.2, -0.15) is 0 Å². The normalized spacial score (nSPS) is 23.3. The minimum Gasteiger partial charge on any atom is -0.459 e. The molecule has 4 heterocycles. The highest BCUT2D eigenvalue weighted by molar-refractivity contribution is 5.94. The van der Waals surface area contributed by atoms with E-state index in [4.69, 9.17) is 4.42 Å². The summed E-state index contributed by atoms with van der Waals surface area (Å²) in [6, 6.07) is 3.45. The summed E-state index contributed by atoms with van der Waals surface area (Å²) in [7, 11) is 0. The number of nitrogens with zero attached hydrogens (tertiary/aromatic N) is 2. The molecule has 1 spiro atoms. The zero-order valence-electron chi connectivity index (χ0n) is 20.5. The Morgan fingerprint density at radius 2 is 1.80 bits per heavy atom. The summed E-state index contributed by atoms with van der Waals surface area (Å²) in [5.41, 5.74) is 0.105. The lowest BCUT2D eigenvalue weighted by Crippen LogP contribution is -2.47. The van der Waals surface area contributed by atoms with Gasteiger partial charge in [-0.15, -0.1) is 0 Å². The number of urea groups is 1. The molecule has 0 saturated carbocycles. The average Bonchev–Trinajstić information content (AvgIpc) is 3.59. The van der Waals surface area contributed by atoms with Gasteiger partial charge < -0.3 is 30.2 Å². The zero-order valence-corrected chi connectivity index (χ0v) is 20.5. The number of nitrogens with one attached hydrogen (secondary N) is 3. The van der Waals surface area contributed by atoms with Crippen LogP contribution in [-0.4, -0.2) is 78.4 Å². The lowest BCUT2D eigenvalue weighted by Gasteiger charge is -2.39. The van der Waals surface area contributed by atoms with Crippen LogP contribution in [0, 0.1) is 5.41 Å². The van der Waals surface area contributed by atoms with E-state index >= 15 is 0 Å². The third-order valence-corrected chi connectivity index (χ3v) is 7.80. The van der Waals surface area contributed by atoms with Crippen molar-refractivity contribution in [3.8, 4) is 0 Å². The smallest absolute Gasteiger partial charge is 0.315 e. The first-order valence-corrected chi connectivity index (χ1v) is 12.8. The fourth-order valence-electron chi connectivity index (χ4n) is 5.49. The Morgan fingerprint density at radius 1 is 1.06 bits per heavy atom. The van der Waals surface area contributed by atoms with Gasteiger partial charge in [0.1, 0.15) is 0 Å². The molecule has 0 aliphatic carbocycles. The molecular formula is C25H37N5O5. The van der Waals surface area contributed by atoms with Crippen LogP contribution in [0.5, 0.6) is 0 Å². The highest BCUT2D eigenvalue weighted by Gasteiger charge is 2.42. The molecule has 0 radical (unpaired) electrons. The van der Waals surface area contributed by atoms with Crippen LogP contribution in [0.15, 0.2) is 22.8 Å². The standard InChI is InChI=1S/C25H37N5O5/c1-18-19(28-24(34)27-18)6-3-2-4-8-21(31)30-14-11-25(17-30)9-12-29(13-10-25)22(32)16-26-23(33)20-7-5-15-35-20/h5,7,15,18-19H,2-4,6,8-14,16-17H2,1H3,(H,26,33)(H2,27,28,34)/t18-,19+/m0/s1. The van der Waals surface area contributed by atoms with Crippen LogP contribution < -0.4 is 16.0 Å². The van der Waals surface area contributed by atoms with E-state index < -0.39 is 5.91 Å². The topological polar surface area (TPSA) is 124 Å². The number of unbranched alkanes of at least 4 members (excludes halogenated alkanes) is 2. The maximum Gasteiger partial charge on any atom is 0.315 e. The van der Waals surface area contributed by atoms with Crippen LogP contribution in [0.1, 0.15) is 68.8 Å². The molecule has 0 unspecified atom stereocenters. The van der Waals surface area contributed by atoms with Crippen molar-refractivity contribution in [1.82, 2.24) is 25.8 Å². The fraction of sp³-hybridized carbons (Fsp3) is 0.680. The van der Waals surface area contributed by atoms with Crippen LogP contribution in [0.3, 0.4) is 0 Å². The second-order valence-electron chi connectivity index (χ2n) is 10.2. The number of likely N-dealkylation sites (tertiary alicyclic amines) is 2. The van der Waals surface area contributed by atoms with Gasteiger partial charge in [0.25, 0.3) is 5.91 Å². The lowest BCUT2D eigenvalue weighted by atomic mass is 9.78. The number of carbonyl (C=O) groups is 4. The number of piperidine rings is 1. The van der Waals surface area contributed by atoms with Gasteiger partial charge in [0.05, 0.1) is 18.8 Å². The van der Waals surface area contributed by atoms with E-state index in [1.54, 1.807) is 17.0 Å². The van der Waals surface area contributed by atoms with Gasteiger partial charge in [0.2, 0.25) is 11.8 Å². The molecule has 35 heavy (non-hydrogen) atoms. The summed E-state index contributed by atoms with van der Waals surface area (Å²) in [5.74, 6) is -0.0581. The largest absolute Gasteiger partial charge is 0.459 e. The van der Waals surface area contributed by atoms with E-state index in [0.29, 0.717) is 19.5 Å². The molecule has 0 bridgehead atoms. The van der Waals surface area contributed by atoms with E-state index in [2.05, 4.69) is 16.0 Å². The van der Waals surface area contributed by atoms with E-state index in [0.717, 1.165) is 58.0 Å². The molecule has 10 nitrogen and oxygen atoms in total. The fourth-order valence-corrected chi connectivity index (χ4v) is 5.49. The van der Waals surface area contributed by atoms with Gasteiger partial charge in [-0.25, -0.2) is 4.79 Å². The zero-order chi connectivity index (χ0) is 24.8. The molecule has 3 aliphatic rings. The Hall–Kier alpha value is -3.04. The van der Waals surface area contributed by atoms with Gasteiger partial charge in [-0.1, -0.05) is 12.8 Å². The van der Waals surface area contributed by atoms with Crippen LogP contribution in [0.4, 0.5) is 4.79 Å². The first-order chi connectivity index (χ1) is 16.8. The minimum absolute atomic E-state index is 0.0420. The van der Waals surface area contributed by atoms with Crippen LogP contribution >= 0.6 is 0 Å². The van der Waals surface area contributed by atoms with E-state index in [1.165, 1.54) is 6.26 Å². The molecule has 10 heteroatoms. The molecule has 3 fully saturated rings. The number of carbonyl (C=O) groups excluding carboxylic acids is 4.